The van der Waals surface area contributed by atoms with Gasteiger partial charge in [0.2, 0.25) is 5.91 Å². The molecule has 192 valence electrons. The molecule has 1 amide bonds. The summed E-state index contributed by atoms with van der Waals surface area (Å²) in [5.41, 5.74) is 4.56. The van der Waals surface area contributed by atoms with Gasteiger partial charge in [0.15, 0.2) is 0 Å². The highest BCUT2D eigenvalue weighted by molar-refractivity contribution is 7.81. The van der Waals surface area contributed by atoms with Crippen LogP contribution in [0.25, 0.3) is 11.1 Å². The molecule has 3 rings (SSSR count). The third kappa shape index (κ3) is 6.69. The fraction of sp³-hybridized carbons (Fsp3) is 0.393. The molecule has 1 atom stereocenters. The fourth-order valence-corrected chi connectivity index (χ4v) is 4.64. The SMILES string of the molecule is CCOc1nc(CC)c(CNC(=O)C(S)CC(C)C)n1Cc1ccc(-c2ccccc2C(=O)O)cc1. The summed E-state index contributed by atoms with van der Waals surface area (Å²) in [6.07, 6.45) is 1.41. The van der Waals surface area contributed by atoms with Crippen LogP contribution in [0.15, 0.2) is 48.5 Å². The second-order valence-corrected chi connectivity index (χ2v) is 9.69. The van der Waals surface area contributed by atoms with Gasteiger partial charge >= 0.3 is 5.97 Å². The molecule has 0 saturated carbocycles. The van der Waals surface area contributed by atoms with Crippen molar-refractivity contribution in [3.63, 3.8) is 0 Å². The van der Waals surface area contributed by atoms with Crippen LogP contribution in [-0.2, 0) is 24.3 Å². The van der Waals surface area contributed by atoms with Gasteiger partial charge in [0, 0.05) is 0 Å². The zero-order valence-electron chi connectivity index (χ0n) is 21.3. The molecule has 8 heteroatoms. The van der Waals surface area contributed by atoms with Gasteiger partial charge in [-0.05, 0) is 48.4 Å². The molecule has 1 unspecified atom stereocenters. The number of carboxylic acids is 1. The lowest BCUT2D eigenvalue weighted by Gasteiger charge is -2.16. The first kappa shape index (κ1) is 27.3. The van der Waals surface area contributed by atoms with Crippen molar-refractivity contribution in [2.75, 3.05) is 6.61 Å². The summed E-state index contributed by atoms with van der Waals surface area (Å²) in [6.45, 7) is 9.40. The minimum atomic E-state index is -0.954. The number of benzene rings is 2. The van der Waals surface area contributed by atoms with Crippen molar-refractivity contribution in [3.8, 4) is 17.1 Å². The number of nitrogens with zero attached hydrogens (tertiary/aromatic N) is 2. The molecule has 7 nitrogen and oxygen atoms in total. The van der Waals surface area contributed by atoms with Crippen molar-refractivity contribution >= 4 is 24.5 Å². The van der Waals surface area contributed by atoms with E-state index in [2.05, 4.69) is 36.8 Å². The number of aromatic carboxylic acids is 1. The van der Waals surface area contributed by atoms with Gasteiger partial charge < -0.3 is 15.2 Å². The first-order chi connectivity index (χ1) is 17.2. The topological polar surface area (TPSA) is 93.5 Å². The van der Waals surface area contributed by atoms with Crippen LogP contribution >= 0.6 is 12.6 Å². The summed E-state index contributed by atoms with van der Waals surface area (Å²) in [5.74, 6) is -0.670. The number of nitrogens with one attached hydrogen (secondary N) is 1. The summed E-state index contributed by atoms with van der Waals surface area (Å²) in [6, 6.07) is 15.3. The molecule has 36 heavy (non-hydrogen) atoms. The number of carbonyl (C=O) groups is 2. The summed E-state index contributed by atoms with van der Waals surface area (Å²) in [7, 11) is 0. The van der Waals surface area contributed by atoms with Gasteiger partial charge in [-0.25, -0.2) is 4.79 Å². The Morgan fingerprint density at radius 3 is 2.42 bits per heavy atom. The molecule has 0 radical (unpaired) electrons. The van der Waals surface area contributed by atoms with E-state index in [1.165, 1.54) is 0 Å². The molecule has 2 N–H and O–H groups in total. The average Bonchev–Trinajstić information content (AvgIpc) is 3.18. The minimum Gasteiger partial charge on any atom is -0.478 e. The Kier molecular flexibility index (Phi) is 9.58. The van der Waals surface area contributed by atoms with Crippen molar-refractivity contribution < 1.29 is 19.4 Å². The molecule has 2 aromatic carbocycles. The summed E-state index contributed by atoms with van der Waals surface area (Å²) >= 11 is 4.47. The Bertz CT molecular complexity index is 1190. The maximum atomic E-state index is 12.6. The van der Waals surface area contributed by atoms with Crippen LogP contribution in [0.2, 0.25) is 0 Å². The van der Waals surface area contributed by atoms with Gasteiger partial charge in [-0.1, -0.05) is 63.2 Å². The smallest absolute Gasteiger partial charge is 0.336 e. The maximum Gasteiger partial charge on any atom is 0.336 e. The predicted octanol–water partition coefficient (Wildman–Crippen LogP) is 5.22. The highest BCUT2D eigenvalue weighted by Crippen LogP contribution is 2.26. The molecule has 0 aliphatic rings. The van der Waals surface area contributed by atoms with Gasteiger partial charge in [-0.15, -0.1) is 0 Å². The molecule has 3 aromatic rings. The van der Waals surface area contributed by atoms with E-state index in [9.17, 15) is 14.7 Å². The number of aryl methyl sites for hydroxylation is 1. The molecule has 0 bridgehead atoms. The van der Waals surface area contributed by atoms with Crippen molar-refractivity contribution in [1.29, 1.82) is 0 Å². The van der Waals surface area contributed by atoms with Crippen LogP contribution in [0.5, 0.6) is 6.01 Å². The van der Waals surface area contributed by atoms with E-state index in [0.29, 0.717) is 50.0 Å². The summed E-state index contributed by atoms with van der Waals surface area (Å²) in [5, 5.41) is 12.2. The average molecular weight is 510 g/mol. The van der Waals surface area contributed by atoms with Crippen LogP contribution in [0.3, 0.4) is 0 Å². The number of hydrogen-bond donors (Lipinski definition) is 3. The number of rotatable bonds is 12. The van der Waals surface area contributed by atoms with E-state index in [1.54, 1.807) is 12.1 Å². The van der Waals surface area contributed by atoms with Crippen LogP contribution in [-0.4, -0.2) is 38.4 Å². The number of carboxylic acid groups (broad SMARTS) is 1. The Balaban J connectivity index is 1.86. The van der Waals surface area contributed by atoms with Gasteiger partial charge in [0.25, 0.3) is 6.01 Å². The number of amides is 1. The fourth-order valence-electron chi connectivity index (χ4n) is 4.13. The van der Waals surface area contributed by atoms with E-state index < -0.39 is 5.97 Å². The van der Waals surface area contributed by atoms with Gasteiger partial charge in [-0.2, -0.15) is 17.6 Å². The third-order valence-corrected chi connectivity index (χ3v) is 6.36. The quantitative estimate of drug-likeness (QED) is 0.291. The normalized spacial score (nSPS) is 11.9. The van der Waals surface area contributed by atoms with E-state index in [1.807, 2.05) is 54.8 Å². The third-order valence-electron chi connectivity index (χ3n) is 5.92. The Morgan fingerprint density at radius 2 is 1.81 bits per heavy atom. The van der Waals surface area contributed by atoms with Crippen molar-refractivity contribution in [2.24, 2.45) is 5.92 Å². The van der Waals surface area contributed by atoms with Gasteiger partial charge in [-0.3, -0.25) is 9.36 Å². The Labute approximate surface area is 218 Å². The lowest BCUT2D eigenvalue weighted by molar-refractivity contribution is -0.121. The zero-order chi connectivity index (χ0) is 26.2. The first-order valence-corrected chi connectivity index (χ1v) is 12.8. The molecule has 0 saturated heterocycles. The number of carbonyl (C=O) groups excluding carboxylic acids is 1. The maximum absolute atomic E-state index is 12.6. The van der Waals surface area contributed by atoms with Gasteiger partial charge in [0.1, 0.15) is 0 Å². The molecule has 0 spiro atoms. The molecule has 1 heterocycles. The van der Waals surface area contributed by atoms with Crippen molar-refractivity contribution in [1.82, 2.24) is 14.9 Å². The van der Waals surface area contributed by atoms with Crippen LogP contribution < -0.4 is 10.1 Å². The number of thiol groups is 1. The van der Waals surface area contributed by atoms with Crippen LogP contribution in [0.1, 0.15) is 61.4 Å². The zero-order valence-corrected chi connectivity index (χ0v) is 22.2. The molecule has 0 fully saturated rings. The lowest BCUT2D eigenvalue weighted by atomic mass is 9.99. The highest BCUT2D eigenvalue weighted by Gasteiger charge is 2.21. The van der Waals surface area contributed by atoms with E-state index >= 15 is 0 Å². The number of ether oxygens (including phenoxy) is 1. The van der Waals surface area contributed by atoms with Crippen molar-refractivity contribution in [2.45, 2.75) is 58.9 Å². The standard InChI is InChI=1S/C28H35N3O4S/c1-5-23-24(16-29-26(32)25(36)15-18(3)4)31(28(30-23)35-6-2)17-19-11-13-20(14-12-19)21-9-7-8-10-22(21)27(33)34/h7-14,18,25,36H,5-6,15-17H2,1-4H3,(H,29,32)(H,33,34). The van der Waals surface area contributed by atoms with Crippen LogP contribution in [0, 0.1) is 5.92 Å². The minimum absolute atomic E-state index is 0.0961. The summed E-state index contributed by atoms with van der Waals surface area (Å²) < 4.78 is 7.83. The predicted molar refractivity (Wildman–Crippen MR) is 145 cm³/mol. The molecule has 0 aliphatic heterocycles. The van der Waals surface area contributed by atoms with Gasteiger partial charge in [0.05, 0.1) is 41.9 Å². The largest absolute Gasteiger partial charge is 0.478 e. The molecular weight excluding hydrogens is 474 g/mol. The second-order valence-electron chi connectivity index (χ2n) is 9.07. The van der Waals surface area contributed by atoms with Crippen LogP contribution in [0.4, 0.5) is 0 Å². The number of imidazole rings is 1. The number of aromatic nitrogens is 2. The van der Waals surface area contributed by atoms with Crippen molar-refractivity contribution in [3.05, 3.63) is 71.0 Å². The monoisotopic (exact) mass is 509 g/mol. The molecule has 1 aromatic heterocycles. The number of hydrogen-bond acceptors (Lipinski definition) is 5. The Morgan fingerprint density at radius 1 is 1.11 bits per heavy atom. The first-order valence-electron chi connectivity index (χ1n) is 12.3. The summed E-state index contributed by atoms with van der Waals surface area (Å²) in [4.78, 5) is 28.9. The molecular formula is C28H35N3O4S. The Hall–Kier alpha value is -3.26. The lowest BCUT2D eigenvalue weighted by Crippen LogP contribution is -2.32. The second kappa shape index (κ2) is 12.6. The van der Waals surface area contributed by atoms with E-state index in [0.717, 1.165) is 22.5 Å². The van der Waals surface area contributed by atoms with E-state index in [-0.39, 0.29) is 16.7 Å². The highest BCUT2D eigenvalue weighted by atomic mass is 32.1. The van der Waals surface area contributed by atoms with E-state index in [4.69, 9.17) is 4.74 Å². The molecule has 0 aliphatic carbocycles.